The Morgan fingerprint density at radius 2 is 1.93 bits per heavy atom. The lowest BCUT2D eigenvalue weighted by Crippen LogP contribution is -2.15. The van der Waals surface area contributed by atoms with Crippen LogP contribution < -0.4 is 5.73 Å². The van der Waals surface area contributed by atoms with Crippen molar-refractivity contribution in [2.45, 2.75) is 33.2 Å². The van der Waals surface area contributed by atoms with E-state index in [0.717, 1.165) is 10.0 Å². The van der Waals surface area contributed by atoms with Gasteiger partial charge in [-0.15, -0.1) is 0 Å². The third-order valence-electron chi connectivity index (χ3n) is 2.75. The summed E-state index contributed by atoms with van der Waals surface area (Å²) in [5, 5.41) is 8.91. The summed E-state index contributed by atoms with van der Waals surface area (Å²) in [6.07, 6.45) is 0.608. The van der Waals surface area contributed by atoms with Gasteiger partial charge in [-0.05, 0) is 49.4 Å². The summed E-state index contributed by atoms with van der Waals surface area (Å²) in [6, 6.07) is 2.05. The molecule has 15 heavy (non-hydrogen) atoms. The first kappa shape index (κ1) is 12.7. The van der Waals surface area contributed by atoms with Gasteiger partial charge < -0.3 is 10.8 Å². The number of halogens is 1. The Balaban J connectivity index is 3.23. The lowest BCUT2D eigenvalue weighted by atomic mass is 9.93. The summed E-state index contributed by atoms with van der Waals surface area (Å²) < 4.78 is 1.12. The van der Waals surface area contributed by atoms with E-state index in [2.05, 4.69) is 42.8 Å². The zero-order chi connectivity index (χ0) is 11.6. The van der Waals surface area contributed by atoms with Crippen molar-refractivity contribution < 1.29 is 5.11 Å². The normalized spacial score (nSPS) is 12.9. The molecule has 1 unspecified atom stereocenters. The summed E-state index contributed by atoms with van der Waals surface area (Å²) in [5.74, 6) is 0. The molecule has 2 nitrogen and oxygen atoms in total. The van der Waals surface area contributed by atoms with Crippen molar-refractivity contribution in [3.63, 3.8) is 0 Å². The summed E-state index contributed by atoms with van der Waals surface area (Å²) in [6.45, 7) is 6.34. The molecule has 84 valence electrons. The van der Waals surface area contributed by atoms with Crippen molar-refractivity contribution in [3.05, 3.63) is 32.8 Å². The van der Waals surface area contributed by atoms with Gasteiger partial charge in [0.25, 0.3) is 0 Å². The molecule has 1 aromatic carbocycles. The smallest absolute Gasteiger partial charge is 0.0449 e. The maximum atomic E-state index is 8.91. The minimum Gasteiger partial charge on any atom is -0.396 e. The molecular formula is C12H18BrNO. The molecule has 1 atom stereocenters. The highest BCUT2D eigenvalue weighted by molar-refractivity contribution is 9.10. The van der Waals surface area contributed by atoms with Gasteiger partial charge >= 0.3 is 0 Å². The van der Waals surface area contributed by atoms with E-state index in [1.807, 2.05) is 0 Å². The molecular weight excluding hydrogens is 254 g/mol. The fourth-order valence-corrected chi connectivity index (χ4v) is 2.36. The van der Waals surface area contributed by atoms with E-state index in [1.165, 1.54) is 16.7 Å². The molecule has 0 fully saturated rings. The van der Waals surface area contributed by atoms with E-state index in [1.54, 1.807) is 0 Å². The van der Waals surface area contributed by atoms with Crippen LogP contribution in [0.1, 0.15) is 34.7 Å². The molecule has 0 saturated heterocycles. The van der Waals surface area contributed by atoms with E-state index < -0.39 is 0 Å². The van der Waals surface area contributed by atoms with Crippen LogP contribution in [0.4, 0.5) is 0 Å². The van der Waals surface area contributed by atoms with Crippen LogP contribution in [0.3, 0.4) is 0 Å². The monoisotopic (exact) mass is 271 g/mol. The zero-order valence-electron chi connectivity index (χ0n) is 9.47. The van der Waals surface area contributed by atoms with Gasteiger partial charge in [0.2, 0.25) is 0 Å². The minimum atomic E-state index is -0.0769. The van der Waals surface area contributed by atoms with Crippen molar-refractivity contribution >= 4 is 15.9 Å². The molecule has 0 amide bonds. The molecule has 1 aromatic rings. The van der Waals surface area contributed by atoms with Crippen molar-refractivity contribution in [3.8, 4) is 0 Å². The summed E-state index contributed by atoms with van der Waals surface area (Å²) in [7, 11) is 0. The molecule has 1 rings (SSSR count). The summed E-state index contributed by atoms with van der Waals surface area (Å²) in [5.41, 5.74) is 10.8. The second-order valence-corrected chi connectivity index (χ2v) is 4.77. The number of hydrogen-bond acceptors (Lipinski definition) is 2. The van der Waals surface area contributed by atoms with Gasteiger partial charge in [-0.2, -0.15) is 0 Å². The third-order valence-corrected chi connectivity index (χ3v) is 3.97. The van der Waals surface area contributed by atoms with Gasteiger partial charge in [0.05, 0.1) is 0 Å². The second kappa shape index (κ2) is 5.10. The predicted molar refractivity (Wildman–Crippen MR) is 67.0 cm³/mol. The van der Waals surface area contributed by atoms with Crippen LogP contribution in [0.25, 0.3) is 0 Å². The number of rotatable bonds is 3. The molecule has 0 aliphatic rings. The first-order chi connectivity index (χ1) is 6.99. The van der Waals surface area contributed by atoms with Crippen LogP contribution in [0.2, 0.25) is 0 Å². The zero-order valence-corrected chi connectivity index (χ0v) is 11.1. The first-order valence-corrected chi connectivity index (χ1v) is 5.91. The molecule has 0 aliphatic carbocycles. The van der Waals surface area contributed by atoms with E-state index in [9.17, 15) is 0 Å². The minimum absolute atomic E-state index is 0.0769. The molecule has 0 bridgehead atoms. The number of aliphatic hydroxyl groups excluding tert-OH is 1. The third kappa shape index (κ3) is 2.60. The molecule has 0 spiro atoms. The Bertz CT molecular complexity index is 363. The molecule has 0 heterocycles. The lowest BCUT2D eigenvalue weighted by Gasteiger charge is -2.19. The Hall–Kier alpha value is -0.380. The molecule has 3 N–H and O–H groups in total. The van der Waals surface area contributed by atoms with Crippen molar-refractivity contribution in [1.29, 1.82) is 0 Å². The largest absolute Gasteiger partial charge is 0.396 e. The van der Waals surface area contributed by atoms with Gasteiger partial charge in [-0.25, -0.2) is 0 Å². The van der Waals surface area contributed by atoms with Gasteiger partial charge in [0.1, 0.15) is 0 Å². The van der Waals surface area contributed by atoms with Crippen molar-refractivity contribution in [1.82, 2.24) is 0 Å². The fraction of sp³-hybridized carbons (Fsp3) is 0.500. The maximum Gasteiger partial charge on any atom is 0.0449 e. The Kier molecular flexibility index (Phi) is 4.32. The standard InChI is InChI=1S/C12H18BrNO/c1-7-6-8(2)12(13)9(3)11(7)10(14)4-5-15/h6,10,15H,4-5,14H2,1-3H3. The summed E-state index contributed by atoms with van der Waals surface area (Å²) in [4.78, 5) is 0. The highest BCUT2D eigenvalue weighted by atomic mass is 79.9. The van der Waals surface area contributed by atoms with Crippen LogP contribution in [-0.2, 0) is 0 Å². The highest BCUT2D eigenvalue weighted by Gasteiger charge is 2.14. The van der Waals surface area contributed by atoms with Crippen molar-refractivity contribution in [2.75, 3.05) is 6.61 Å². The van der Waals surface area contributed by atoms with Crippen LogP contribution >= 0.6 is 15.9 Å². The average Bonchev–Trinajstić information content (AvgIpc) is 2.15. The van der Waals surface area contributed by atoms with E-state index in [0.29, 0.717) is 6.42 Å². The van der Waals surface area contributed by atoms with Crippen molar-refractivity contribution in [2.24, 2.45) is 5.73 Å². The van der Waals surface area contributed by atoms with Crippen LogP contribution in [0, 0.1) is 20.8 Å². The molecule has 0 radical (unpaired) electrons. The number of aliphatic hydroxyl groups is 1. The van der Waals surface area contributed by atoms with E-state index in [4.69, 9.17) is 10.8 Å². The summed E-state index contributed by atoms with van der Waals surface area (Å²) >= 11 is 3.57. The van der Waals surface area contributed by atoms with E-state index in [-0.39, 0.29) is 12.6 Å². The lowest BCUT2D eigenvalue weighted by molar-refractivity contribution is 0.276. The molecule has 0 aromatic heterocycles. The molecule has 3 heteroatoms. The van der Waals surface area contributed by atoms with Crippen LogP contribution in [0.5, 0.6) is 0 Å². The van der Waals surface area contributed by atoms with Gasteiger partial charge in [-0.1, -0.05) is 22.0 Å². The Labute approximate surface area is 99.6 Å². The van der Waals surface area contributed by atoms with Gasteiger partial charge in [0.15, 0.2) is 0 Å². The number of benzene rings is 1. The van der Waals surface area contributed by atoms with Crippen LogP contribution in [-0.4, -0.2) is 11.7 Å². The number of nitrogens with two attached hydrogens (primary N) is 1. The quantitative estimate of drug-likeness (QED) is 0.888. The average molecular weight is 272 g/mol. The van der Waals surface area contributed by atoms with Gasteiger partial charge in [0, 0.05) is 17.1 Å². The SMILES string of the molecule is Cc1cc(C)c(C(N)CCO)c(C)c1Br. The number of aryl methyl sites for hydroxylation is 2. The highest BCUT2D eigenvalue weighted by Crippen LogP contribution is 2.31. The topological polar surface area (TPSA) is 46.2 Å². The number of hydrogen-bond donors (Lipinski definition) is 2. The first-order valence-electron chi connectivity index (χ1n) is 5.11. The Morgan fingerprint density at radius 1 is 1.33 bits per heavy atom. The fourth-order valence-electron chi connectivity index (χ4n) is 2.03. The van der Waals surface area contributed by atoms with E-state index >= 15 is 0 Å². The molecule has 0 saturated carbocycles. The van der Waals surface area contributed by atoms with Crippen LogP contribution in [0.15, 0.2) is 10.5 Å². The second-order valence-electron chi connectivity index (χ2n) is 3.98. The maximum absolute atomic E-state index is 8.91. The molecule has 0 aliphatic heterocycles. The predicted octanol–water partition coefficient (Wildman–Crippen LogP) is 2.76. The Morgan fingerprint density at radius 3 is 2.47 bits per heavy atom. The van der Waals surface area contributed by atoms with Gasteiger partial charge in [-0.3, -0.25) is 0 Å².